The van der Waals surface area contributed by atoms with Gasteiger partial charge in [0.2, 0.25) is 0 Å². The van der Waals surface area contributed by atoms with Gasteiger partial charge in [-0.15, -0.1) is 12.4 Å². The fraction of sp³-hybridized carbons (Fsp3) is 0.400. The number of phenols is 1. The Labute approximate surface area is 158 Å². The Balaban J connectivity index is 0.00000225. The van der Waals surface area contributed by atoms with Crippen LogP contribution in [0, 0.1) is 0 Å². The minimum Gasteiger partial charge on any atom is -0.508 e. The standard InChI is InChI=1S/C20H25NO2S.ClH/c22-18-9-11-19(12-10-18)24(23)20-13-15-21(16-20)14-5-4-8-17-6-2-1-3-7-17;/h1-3,6-7,9-12,20,22H,4-5,8,13-16H2;1H. The highest BCUT2D eigenvalue weighted by atomic mass is 35.5. The van der Waals surface area contributed by atoms with Gasteiger partial charge in [0.05, 0.1) is 16.0 Å². The summed E-state index contributed by atoms with van der Waals surface area (Å²) in [5.74, 6) is 0.224. The third kappa shape index (κ3) is 5.84. The Morgan fingerprint density at radius 2 is 1.76 bits per heavy atom. The molecule has 0 bridgehead atoms. The molecule has 1 N–H and O–H groups in total. The van der Waals surface area contributed by atoms with E-state index < -0.39 is 10.8 Å². The van der Waals surface area contributed by atoms with Crippen molar-refractivity contribution in [1.82, 2.24) is 4.90 Å². The maximum absolute atomic E-state index is 12.6. The molecule has 0 spiro atoms. The molecule has 0 amide bonds. The second-order valence-corrected chi connectivity index (χ2v) is 8.18. The summed E-state index contributed by atoms with van der Waals surface area (Å²) in [4.78, 5) is 3.26. The minimum atomic E-state index is -0.978. The average molecular weight is 380 g/mol. The number of hydrogen-bond acceptors (Lipinski definition) is 3. The van der Waals surface area contributed by atoms with E-state index in [1.165, 1.54) is 18.4 Å². The van der Waals surface area contributed by atoms with Crippen molar-refractivity contribution in [3.8, 4) is 5.75 Å². The van der Waals surface area contributed by atoms with Gasteiger partial charge in [0.25, 0.3) is 0 Å². The molecule has 25 heavy (non-hydrogen) atoms. The molecule has 136 valence electrons. The summed E-state index contributed by atoms with van der Waals surface area (Å²) in [5, 5.41) is 9.55. The molecule has 0 radical (unpaired) electrons. The van der Waals surface area contributed by atoms with Gasteiger partial charge >= 0.3 is 0 Å². The number of aromatic hydroxyl groups is 1. The molecule has 2 aromatic carbocycles. The van der Waals surface area contributed by atoms with Crippen LogP contribution in [0.15, 0.2) is 59.5 Å². The topological polar surface area (TPSA) is 40.5 Å². The summed E-state index contributed by atoms with van der Waals surface area (Å²) < 4.78 is 12.6. The van der Waals surface area contributed by atoms with E-state index in [1.807, 2.05) is 0 Å². The zero-order valence-electron chi connectivity index (χ0n) is 14.3. The summed E-state index contributed by atoms with van der Waals surface area (Å²) >= 11 is 0. The Morgan fingerprint density at radius 3 is 2.48 bits per heavy atom. The minimum absolute atomic E-state index is 0. The summed E-state index contributed by atoms with van der Waals surface area (Å²) in [5.41, 5.74) is 1.41. The highest BCUT2D eigenvalue weighted by Crippen LogP contribution is 2.22. The zero-order valence-corrected chi connectivity index (χ0v) is 16.0. The first-order chi connectivity index (χ1) is 11.7. The molecule has 1 aliphatic rings. The lowest BCUT2D eigenvalue weighted by atomic mass is 10.1. The van der Waals surface area contributed by atoms with Crippen LogP contribution in [0.5, 0.6) is 5.75 Å². The molecule has 3 nitrogen and oxygen atoms in total. The quantitative estimate of drug-likeness (QED) is 0.738. The van der Waals surface area contributed by atoms with Crippen LogP contribution in [-0.2, 0) is 17.2 Å². The largest absolute Gasteiger partial charge is 0.508 e. The number of rotatable bonds is 7. The van der Waals surface area contributed by atoms with Crippen molar-refractivity contribution in [3.05, 3.63) is 60.2 Å². The summed E-state index contributed by atoms with van der Waals surface area (Å²) in [6.07, 6.45) is 4.52. The van der Waals surface area contributed by atoms with Crippen LogP contribution in [0.25, 0.3) is 0 Å². The zero-order chi connectivity index (χ0) is 16.8. The first-order valence-corrected chi connectivity index (χ1v) is 9.89. The number of likely N-dealkylation sites (tertiary alicyclic amines) is 1. The molecule has 1 saturated heterocycles. The van der Waals surface area contributed by atoms with Crippen LogP contribution in [-0.4, -0.2) is 39.1 Å². The number of unbranched alkanes of at least 4 members (excludes halogenated alkanes) is 1. The van der Waals surface area contributed by atoms with Crippen LogP contribution < -0.4 is 0 Å². The SMILES string of the molecule is Cl.O=S(c1ccc(O)cc1)C1CCN(CCCCc2ccccc2)C1. The van der Waals surface area contributed by atoms with E-state index >= 15 is 0 Å². The molecule has 2 aromatic rings. The van der Waals surface area contributed by atoms with Crippen molar-refractivity contribution in [2.24, 2.45) is 0 Å². The van der Waals surface area contributed by atoms with Gasteiger partial charge in [-0.1, -0.05) is 30.3 Å². The lowest BCUT2D eigenvalue weighted by molar-refractivity contribution is 0.330. The predicted molar refractivity (Wildman–Crippen MR) is 106 cm³/mol. The molecule has 0 saturated carbocycles. The van der Waals surface area contributed by atoms with E-state index in [-0.39, 0.29) is 23.4 Å². The van der Waals surface area contributed by atoms with E-state index in [0.717, 1.165) is 37.4 Å². The Kier molecular flexibility index (Phi) is 7.94. The van der Waals surface area contributed by atoms with Crippen molar-refractivity contribution in [2.75, 3.05) is 19.6 Å². The van der Waals surface area contributed by atoms with Gasteiger partial charge in [0.15, 0.2) is 0 Å². The molecule has 2 atom stereocenters. The van der Waals surface area contributed by atoms with Gasteiger partial charge < -0.3 is 10.0 Å². The highest BCUT2D eigenvalue weighted by Gasteiger charge is 2.27. The van der Waals surface area contributed by atoms with E-state index in [9.17, 15) is 9.32 Å². The Bertz CT molecular complexity index is 663. The van der Waals surface area contributed by atoms with Gasteiger partial charge in [-0.25, -0.2) is 0 Å². The van der Waals surface area contributed by atoms with Crippen molar-refractivity contribution < 1.29 is 9.32 Å². The molecular weight excluding hydrogens is 354 g/mol. The smallest absolute Gasteiger partial charge is 0.115 e. The van der Waals surface area contributed by atoms with Crippen molar-refractivity contribution >= 4 is 23.2 Å². The average Bonchev–Trinajstić information content (AvgIpc) is 3.09. The number of halogens is 1. The molecule has 0 aromatic heterocycles. The van der Waals surface area contributed by atoms with Crippen LogP contribution in [0.2, 0.25) is 0 Å². The van der Waals surface area contributed by atoms with Gasteiger partial charge in [-0.3, -0.25) is 4.21 Å². The number of hydrogen-bond donors (Lipinski definition) is 1. The van der Waals surface area contributed by atoms with Gasteiger partial charge in [0.1, 0.15) is 5.75 Å². The maximum Gasteiger partial charge on any atom is 0.115 e. The van der Waals surface area contributed by atoms with Crippen molar-refractivity contribution in [1.29, 1.82) is 0 Å². The van der Waals surface area contributed by atoms with E-state index in [1.54, 1.807) is 24.3 Å². The molecule has 0 aliphatic carbocycles. The highest BCUT2D eigenvalue weighted by molar-refractivity contribution is 7.85. The molecule has 3 rings (SSSR count). The second kappa shape index (κ2) is 9.95. The van der Waals surface area contributed by atoms with Crippen molar-refractivity contribution in [2.45, 2.75) is 35.8 Å². The van der Waals surface area contributed by atoms with E-state index in [0.29, 0.717) is 0 Å². The van der Waals surface area contributed by atoms with Crippen LogP contribution >= 0.6 is 12.4 Å². The van der Waals surface area contributed by atoms with Crippen LogP contribution in [0.1, 0.15) is 24.8 Å². The fourth-order valence-electron chi connectivity index (χ4n) is 3.26. The molecular formula is C20H26ClNO2S. The third-order valence-corrected chi connectivity index (χ3v) is 6.36. The number of aryl methyl sites for hydroxylation is 1. The molecule has 1 aliphatic heterocycles. The Morgan fingerprint density at radius 1 is 1.04 bits per heavy atom. The number of benzene rings is 2. The van der Waals surface area contributed by atoms with Gasteiger partial charge in [-0.2, -0.15) is 0 Å². The van der Waals surface area contributed by atoms with E-state index in [2.05, 4.69) is 35.2 Å². The fourth-order valence-corrected chi connectivity index (χ4v) is 4.71. The maximum atomic E-state index is 12.6. The molecule has 5 heteroatoms. The van der Waals surface area contributed by atoms with Crippen LogP contribution in [0.4, 0.5) is 0 Å². The van der Waals surface area contributed by atoms with Gasteiger partial charge in [-0.05, 0) is 68.6 Å². The van der Waals surface area contributed by atoms with Gasteiger partial charge in [0, 0.05) is 11.4 Å². The Hall–Kier alpha value is -1.36. The van der Waals surface area contributed by atoms with Crippen LogP contribution in [0.3, 0.4) is 0 Å². The van der Waals surface area contributed by atoms with E-state index in [4.69, 9.17) is 0 Å². The summed E-state index contributed by atoms with van der Waals surface area (Å²) in [6.45, 7) is 3.05. The molecule has 2 unspecified atom stereocenters. The lowest BCUT2D eigenvalue weighted by Gasteiger charge is -2.15. The second-order valence-electron chi connectivity index (χ2n) is 6.45. The predicted octanol–water partition coefficient (Wildman–Crippen LogP) is 4.02. The third-order valence-electron chi connectivity index (χ3n) is 4.63. The lowest BCUT2D eigenvalue weighted by Crippen LogP contribution is -2.25. The first kappa shape index (κ1) is 20.0. The normalized spacial score (nSPS) is 18.6. The molecule has 1 fully saturated rings. The van der Waals surface area contributed by atoms with Crippen molar-refractivity contribution in [3.63, 3.8) is 0 Å². The summed E-state index contributed by atoms with van der Waals surface area (Å²) in [7, 11) is -0.978. The molecule has 1 heterocycles. The monoisotopic (exact) mass is 379 g/mol. The number of nitrogens with zero attached hydrogens (tertiary/aromatic N) is 1. The summed E-state index contributed by atoms with van der Waals surface area (Å²) in [6, 6.07) is 17.4. The first-order valence-electron chi connectivity index (χ1n) is 8.68. The number of phenolic OH excluding ortho intramolecular Hbond substituents is 1.